The summed E-state index contributed by atoms with van der Waals surface area (Å²) in [7, 11) is 1.28. The first-order valence-electron chi connectivity index (χ1n) is 10.6. The SMILES string of the molecule is COC(=O)c1ccc(NC(=O)C(CC(C)C)N2CC3=C(Oc4c(Cl)cccc4C3)C2=O)nc1. The van der Waals surface area contributed by atoms with Gasteiger partial charge in [0.25, 0.3) is 5.91 Å². The third-order valence-electron chi connectivity index (χ3n) is 5.60. The Bertz CT molecular complexity index is 1140. The molecule has 2 aromatic rings. The predicted octanol–water partition coefficient (Wildman–Crippen LogP) is 3.61. The molecule has 33 heavy (non-hydrogen) atoms. The molecule has 0 fully saturated rings. The molecule has 0 radical (unpaired) electrons. The highest BCUT2D eigenvalue weighted by Gasteiger charge is 2.42. The lowest BCUT2D eigenvalue weighted by Crippen LogP contribution is -2.46. The third kappa shape index (κ3) is 4.57. The first-order chi connectivity index (χ1) is 15.8. The quantitative estimate of drug-likeness (QED) is 0.649. The van der Waals surface area contributed by atoms with E-state index in [-0.39, 0.29) is 34.9 Å². The molecule has 3 heterocycles. The van der Waals surface area contributed by atoms with Gasteiger partial charge in [0.1, 0.15) is 17.6 Å². The first-order valence-corrected chi connectivity index (χ1v) is 11.0. The zero-order valence-corrected chi connectivity index (χ0v) is 19.3. The monoisotopic (exact) mass is 469 g/mol. The molecule has 8 nitrogen and oxygen atoms in total. The van der Waals surface area contributed by atoms with Crippen LogP contribution in [-0.2, 0) is 20.7 Å². The molecule has 0 aliphatic carbocycles. The number of pyridine rings is 1. The zero-order valence-electron chi connectivity index (χ0n) is 18.6. The second-order valence-corrected chi connectivity index (χ2v) is 8.84. The summed E-state index contributed by atoms with van der Waals surface area (Å²) in [6.07, 6.45) is 2.33. The summed E-state index contributed by atoms with van der Waals surface area (Å²) in [5.41, 5.74) is 2.02. The van der Waals surface area contributed by atoms with Crippen molar-refractivity contribution < 1.29 is 23.9 Å². The van der Waals surface area contributed by atoms with Gasteiger partial charge in [-0.1, -0.05) is 37.6 Å². The molecule has 172 valence electrons. The van der Waals surface area contributed by atoms with Crippen LogP contribution >= 0.6 is 11.6 Å². The van der Waals surface area contributed by atoms with Crippen molar-refractivity contribution in [3.8, 4) is 5.75 Å². The van der Waals surface area contributed by atoms with Crippen molar-refractivity contribution >= 4 is 35.2 Å². The standard InChI is InChI=1S/C24H24ClN3O5/c1-13(2)9-18(22(29)27-19-8-7-15(11-26-19)24(31)32-3)28-12-16-10-14-5-4-6-17(25)20(14)33-21(16)23(28)30/h4-8,11,13,18H,9-10,12H2,1-3H3,(H,26,27,29). The van der Waals surface area contributed by atoms with Crippen LogP contribution in [0.5, 0.6) is 5.75 Å². The van der Waals surface area contributed by atoms with Crippen molar-refractivity contribution in [2.24, 2.45) is 5.92 Å². The summed E-state index contributed by atoms with van der Waals surface area (Å²) >= 11 is 6.26. The van der Waals surface area contributed by atoms with E-state index in [2.05, 4.69) is 15.0 Å². The van der Waals surface area contributed by atoms with E-state index in [9.17, 15) is 14.4 Å². The Hall–Kier alpha value is -3.39. The summed E-state index contributed by atoms with van der Waals surface area (Å²) in [6, 6.07) is 7.80. The number of methoxy groups -OCH3 is 1. The van der Waals surface area contributed by atoms with Crippen molar-refractivity contribution in [1.29, 1.82) is 0 Å². The van der Waals surface area contributed by atoms with E-state index in [4.69, 9.17) is 16.3 Å². The Kier molecular flexibility index (Phi) is 6.37. The topological polar surface area (TPSA) is 97.8 Å². The van der Waals surface area contributed by atoms with E-state index in [0.29, 0.717) is 30.2 Å². The molecule has 1 aromatic carbocycles. The number of benzene rings is 1. The largest absolute Gasteiger partial charge is 0.465 e. The number of hydrogen-bond donors (Lipinski definition) is 1. The number of esters is 1. The third-order valence-corrected chi connectivity index (χ3v) is 5.90. The lowest BCUT2D eigenvalue weighted by Gasteiger charge is -2.28. The van der Waals surface area contributed by atoms with Gasteiger partial charge in [-0.25, -0.2) is 9.78 Å². The van der Waals surface area contributed by atoms with Gasteiger partial charge < -0.3 is 19.7 Å². The second-order valence-electron chi connectivity index (χ2n) is 8.43. The minimum atomic E-state index is -0.715. The van der Waals surface area contributed by atoms with Gasteiger partial charge in [0.15, 0.2) is 5.76 Å². The van der Waals surface area contributed by atoms with Crippen LogP contribution in [0, 0.1) is 5.92 Å². The van der Waals surface area contributed by atoms with E-state index in [1.165, 1.54) is 25.4 Å². The van der Waals surface area contributed by atoms with Gasteiger partial charge in [-0.15, -0.1) is 0 Å². The number of carbonyl (C=O) groups excluding carboxylic acids is 3. The van der Waals surface area contributed by atoms with Crippen LogP contribution < -0.4 is 10.1 Å². The Morgan fingerprint density at radius 1 is 1.27 bits per heavy atom. The van der Waals surface area contributed by atoms with Crippen LogP contribution in [-0.4, -0.2) is 47.4 Å². The minimum absolute atomic E-state index is 0.161. The maximum Gasteiger partial charge on any atom is 0.339 e. The molecule has 2 aliphatic heterocycles. The molecule has 4 rings (SSSR count). The first kappa shape index (κ1) is 22.8. The van der Waals surface area contributed by atoms with E-state index < -0.39 is 12.0 Å². The minimum Gasteiger partial charge on any atom is -0.465 e. The fourth-order valence-electron chi connectivity index (χ4n) is 4.01. The fraction of sp³-hybridized carbons (Fsp3) is 0.333. The number of rotatable bonds is 6. The van der Waals surface area contributed by atoms with Crippen molar-refractivity contribution in [2.75, 3.05) is 19.0 Å². The van der Waals surface area contributed by atoms with Crippen LogP contribution in [0.4, 0.5) is 5.82 Å². The highest BCUT2D eigenvalue weighted by atomic mass is 35.5. The Morgan fingerprint density at radius 2 is 2.06 bits per heavy atom. The van der Waals surface area contributed by atoms with Gasteiger partial charge >= 0.3 is 5.97 Å². The van der Waals surface area contributed by atoms with Gasteiger partial charge in [-0.2, -0.15) is 0 Å². The van der Waals surface area contributed by atoms with Crippen molar-refractivity contribution in [1.82, 2.24) is 9.88 Å². The van der Waals surface area contributed by atoms with Crippen LogP contribution in [0.2, 0.25) is 5.02 Å². The predicted molar refractivity (Wildman–Crippen MR) is 122 cm³/mol. The number of aromatic nitrogens is 1. The molecule has 1 N–H and O–H groups in total. The maximum atomic E-state index is 13.2. The molecule has 0 saturated carbocycles. The van der Waals surface area contributed by atoms with Gasteiger partial charge in [0.05, 0.1) is 17.7 Å². The summed E-state index contributed by atoms with van der Waals surface area (Å²) in [5.74, 6) is -0.0187. The van der Waals surface area contributed by atoms with Gasteiger partial charge in [-0.3, -0.25) is 9.59 Å². The fourth-order valence-corrected chi connectivity index (χ4v) is 4.24. The number of hydrogen-bond acceptors (Lipinski definition) is 6. The van der Waals surface area contributed by atoms with Gasteiger partial charge in [-0.05, 0) is 30.5 Å². The lowest BCUT2D eigenvalue weighted by molar-refractivity contribution is -0.135. The number of nitrogens with zero attached hydrogens (tertiary/aromatic N) is 2. The van der Waals surface area contributed by atoms with E-state index in [0.717, 1.165) is 11.1 Å². The normalized spacial score (nSPS) is 15.7. The van der Waals surface area contributed by atoms with Crippen LogP contribution in [0.25, 0.3) is 0 Å². The molecule has 2 amide bonds. The number of carbonyl (C=O) groups is 3. The van der Waals surface area contributed by atoms with Gasteiger partial charge in [0.2, 0.25) is 5.91 Å². The number of nitrogens with one attached hydrogen (secondary N) is 1. The molecule has 1 unspecified atom stereocenters. The molecule has 2 aliphatic rings. The highest BCUT2D eigenvalue weighted by Crippen LogP contribution is 2.39. The van der Waals surface area contributed by atoms with Crippen LogP contribution in [0.1, 0.15) is 36.2 Å². The zero-order chi connectivity index (χ0) is 23.7. The Morgan fingerprint density at radius 3 is 2.73 bits per heavy atom. The van der Waals surface area contributed by atoms with Crippen LogP contribution in [0.15, 0.2) is 47.9 Å². The van der Waals surface area contributed by atoms with E-state index in [1.807, 2.05) is 26.0 Å². The summed E-state index contributed by atoms with van der Waals surface area (Å²) in [4.78, 5) is 43.7. The summed E-state index contributed by atoms with van der Waals surface area (Å²) < 4.78 is 10.6. The van der Waals surface area contributed by atoms with E-state index >= 15 is 0 Å². The molecule has 9 heteroatoms. The number of halogens is 1. The molecule has 0 spiro atoms. The molecular weight excluding hydrogens is 446 g/mol. The second kappa shape index (κ2) is 9.23. The Labute approximate surface area is 196 Å². The molecule has 0 bridgehead atoms. The molecular formula is C24H24ClN3O5. The van der Waals surface area contributed by atoms with Crippen molar-refractivity contribution in [3.63, 3.8) is 0 Å². The number of ether oxygens (including phenoxy) is 2. The average molecular weight is 470 g/mol. The number of anilines is 1. The average Bonchev–Trinajstić information content (AvgIpc) is 3.11. The van der Waals surface area contributed by atoms with Crippen LogP contribution in [0.3, 0.4) is 0 Å². The summed E-state index contributed by atoms with van der Waals surface area (Å²) in [6.45, 7) is 4.28. The number of fused-ring (bicyclic) bond motifs is 1. The summed E-state index contributed by atoms with van der Waals surface area (Å²) in [5, 5.41) is 3.21. The van der Waals surface area contributed by atoms with Gasteiger partial charge in [0, 0.05) is 30.3 Å². The number of amides is 2. The maximum absolute atomic E-state index is 13.2. The molecule has 1 aromatic heterocycles. The molecule has 0 saturated heterocycles. The Balaban J connectivity index is 1.52. The van der Waals surface area contributed by atoms with Crippen molar-refractivity contribution in [2.45, 2.75) is 32.7 Å². The van der Waals surface area contributed by atoms with E-state index in [1.54, 1.807) is 11.0 Å². The smallest absolute Gasteiger partial charge is 0.339 e. The highest BCUT2D eigenvalue weighted by molar-refractivity contribution is 6.32. The van der Waals surface area contributed by atoms with Crippen molar-refractivity contribution in [3.05, 3.63) is 64.0 Å². The number of para-hydroxylation sites is 1. The lowest BCUT2D eigenvalue weighted by atomic mass is 10.0. The molecule has 1 atom stereocenters.